The topological polar surface area (TPSA) is 32.9 Å². The smallest absolute Gasteiger partial charge is 0.189 e. The number of hydrogen-bond donors (Lipinski definition) is 1. The molecule has 0 radical (unpaired) electrons. The second kappa shape index (κ2) is 4.30. The summed E-state index contributed by atoms with van der Waals surface area (Å²) in [7, 11) is 0. The van der Waals surface area contributed by atoms with Crippen LogP contribution in [0, 0.1) is 6.92 Å². The fourth-order valence-electron chi connectivity index (χ4n) is 1.84. The van der Waals surface area contributed by atoms with Gasteiger partial charge in [0.1, 0.15) is 0 Å². The first-order valence-electron chi connectivity index (χ1n) is 5.44. The minimum absolute atomic E-state index is 0.0666. The molecule has 0 bridgehead atoms. The molecule has 3 heteroatoms. The first-order chi connectivity index (χ1) is 7.61. The number of rotatable bonds is 2. The van der Waals surface area contributed by atoms with Crippen LogP contribution in [0.25, 0.3) is 10.9 Å². The maximum absolute atomic E-state index is 11.9. The van der Waals surface area contributed by atoms with Crippen LogP contribution in [0.3, 0.4) is 0 Å². The molecule has 1 aromatic carbocycles. The van der Waals surface area contributed by atoms with Crippen molar-refractivity contribution in [1.82, 2.24) is 4.98 Å². The normalized spacial score (nSPS) is 10.9. The van der Waals surface area contributed by atoms with Crippen molar-refractivity contribution in [3.8, 4) is 0 Å². The number of hydrogen-bond acceptors (Lipinski definition) is 1. The van der Waals surface area contributed by atoms with E-state index in [1.54, 1.807) is 6.07 Å². The fraction of sp³-hybridized carbons (Fsp3) is 0.308. The number of aromatic nitrogens is 1. The third-order valence-corrected chi connectivity index (χ3v) is 3.09. The van der Waals surface area contributed by atoms with Crippen LogP contribution in [0.1, 0.15) is 24.6 Å². The van der Waals surface area contributed by atoms with E-state index in [0.717, 1.165) is 29.6 Å². The van der Waals surface area contributed by atoms with Crippen LogP contribution in [0.15, 0.2) is 23.0 Å². The van der Waals surface area contributed by atoms with E-state index in [-0.39, 0.29) is 5.43 Å². The minimum atomic E-state index is 0.0666. The van der Waals surface area contributed by atoms with Gasteiger partial charge in [0, 0.05) is 22.2 Å². The van der Waals surface area contributed by atoms with E-state index in [9.17, 15) is 4.79 Å². The SMILES string of the molecule is CCCc1cc(=O)c2cc(C)c(Cl)cc2[nH]1. The highest BCUT2D eigenvalue weighted by atomic mass is 35.5. The van der Waals surface area contributed by atoms with E-state index in [1.165, 1.54) is 0 Å². The van der Waals surface area contributed by atoms with Gasteiger partial charge in [0.2, 0.25) is 0 Å². The van der Waals surface area contributed by atoms with Gasteiger partial charge in [-0.3, -0.25) is 4.79 Å². The van der Waals surface area contributed by atoms with E-state index in [4.69, 9.17) is 11.6 Å². The molecular weight excluding hydrogens is 222 g/mol. The van der Waals surface area contributed by atoms with Crippen LogP contribution in [0.5, 0.6) is 0 Å². The van der Waals surface area contributed by atoms with Crippen molar-refractivity contribution < 1.29 is 0 Å². The highest BCUT2D eigenvalue weighted by molar-refractivity contribution is 6.32. The van der Waals surface area contributed by atoms with E-state index in [2.05, 4.69) is 11.9 Å². The molecule has 0 amide bonds. The second-order valence-electron chi connectivity index (χ2n) is 4.06. The molecule has 2 nitrogen and oxygen atoms in total. The second-order valence-corrected chi connectivity index (χ2v) is 4.46. The molecule has 0 aliphatic carbocycles. The van der Waals surface area contributed by atoms with E-state index < -0.39 is 0 Å². The molecule has 0 atom stereocenters. The average molecular weight is 236 g/mol. The lowest BCUT2D eigenvalue weighted by molar-refractivity contribution is 0.888. The molecular formula is C13H14ClNO. The summed E-state index contributed by atoms with van der Waals surface area (Å²) in [4.78, 5) is 15.1. The summed E-state index contributed by atoms with van der Waals surface area (Å²) in [6, 6.07) is 5.35. The molecule has 1 N–H and O–H groups in total. The molecule has 0 saturated heterocycles. The van der Waals surface area contributed by atoms with Crippen molar-refractivity contribution in [3.05, 3.63) is 44.7 Å². The Balaban J connectivity index is 2.72. The van der Waals surface area contributed by atoms with Crippen molar-refractivity contribution in [2.24, 2.45) is 0 Å². The zero-order valence-corrected chi connectivity index (χ0v) is 10.2. The van der Waals surface area contributed by atoms with Gasteiger partial charge in [0.05, 0.1) is 5.52 Å². The Hall–Kier alpha value is -1.28. The van der Waals surface area contributed by atoms with Gasteiger partial charge in [-0.1, -0.05) is 24.9 Å². The Morgan fingerprint density at radius 1 is 1.31 bits per heavy atom. The summed E-state index contributed by atoms with van der Waals surface area (Å²) in [6.45, 7) is 3.99. The van der Waals surface area contributed by atoms with Crippen molar-refractivity contribution in [2.75, 3.05) is 0 Å². The standard InChI is InChI=1S/C13H14ClNO/c1-3-4-9-6-13(16)10-5-8(2)11(14)7-12(10)15-9/h5-7H,3-4H2,1-2H3,(H,15,16). The molecule has 2 rings (SSSR count). The van der Waals surface area contributed by atoms with Crippen molar-refractivity contribution in [3.63, 3.8) is 0 Å². The lowest BCUT2D eigenvalue weighted by Crippen LogP contribution is -2.05. The number of pyridine rings is 1. The van der Waals surface area contributed by atoms with Crippen LogP contribution in [-0.2, 0) is 6.42 Å². The molecule has 0 saturated carbocycles. The predicted octanol–water partition coefficient (Wildman–Crippen LogP) is 3.44. The summed E-state index contributed by atoms with van der Waals surface area (Å²) in [5.41, 5.74) is 2.80. The number of aromatic amines is 1. The summed E-state index contributed by atoms with van der Waals surface area (Å²) >= 11 is 6.05. The van der Waals surface area contributed by atoms with E-state index in [0.29, 0.717) is 10.4 Å². The molecule has 0 aliphatic heterocycles. The quantitative estimate of drug-likeness (QED) is 0.850. The van der Waals surface area contributed by atoms with Gasteiger partial charge in [-0.2, -0.15) is 0 Å². The van der Waals surface area contributed by atoms with Crippen molar-refractivity contribution >= 4 is 22.5 Å². The Bertz CT molecular complexity index is 586. The predicted molar refractivity (Wildman–Crippen MR) is 68.3 cm³/mol. The first kappa shape index (κ1) is 11.2. The fourth-order valence-corrected chi connectivity index (χ4v) is 2.00. The highest BCUT2D eigenvalue weighted by Crippen LogP contribution is 2.20. The number of H-pyrrole nitrogens is 1. The largest absolute Gasteiger partial charge is 0.358 e. The Morgan fingerprint density at radius 2 is 2.06 bits per heavy atom. The minimum Gasteiger partial charge on any atom is -0.358 e. The zero-order valence-electron chi connectivity index (χ0n) is 9.43. The average Bonchev–Trinajstić information content (AvgIpc) is 2.22. The van der Waals surface area contributed by atoms with E-state index >= 15 is 0 Å². The number of aryl methyl sites for hydroxylation is 2. The lowest BCUT2D eigenvalue weighted by atomic mass is 10.1. The van der Waals surface area contributed by atoms with Gasteiger partial charge in [-0.05, 0) is 31.0 Å². The van der Waals surface area contributed by atoms with Gasteiger partial charge < -0.3 is 4.98 Å². The van der Waals surface area contributed by atoms with Crippen LogP contribution in [0.4, 0.5) is 0 Å². The summed E-state index contributed by atoms with van der Waals surface area (Å²) in [5, 5.41) is 1.40. The maximum Gasteiger partial charge on any atom is 0.189 e. The molecule has 0 aliphatic rings. The van der Waals surface area contributed by atoms with E-state index in [1.807, 2.05) is 19.1 Å². The number of nitrogens with one attached hydrogen (secondary N) is 1. The van der Waals surface area contributed by atoms with Crippen molar-refractivity contribution in [2.45, 2.75) is 26.7 Å². The van der Waals surface area contributed by atoms with Crippen LogP contribution >= 0.6 is 11.6 Å². The number of benzene rings is 1. The molecule has 84 valence electrons. The van der Waals surface area contributed by atoms with Gasteiger partial charge >= 0.3 is 0 Å². The summed E-state index contributed by atoms with van der Waals surface area (Å²) in [6.07, 6.45) is 1.90. The summed E-state index contributed by atoms with van der Waals surface area (Å²) < 4.78 is 0. The summed E-state index contributed by atoms with van der Waals surface area (Å²) in [5.74, 6) is 0. The van der Waals surface area contributed by atoms with Crippen molar-refractivity contribution in [1.29, 1.82) is 0 Å². The van der Waals surface area contributed by atoms with Crippen LogP contribution in [0.2, 0.25) is 5.02 Å². The van der Waals surface area contributed by atoms with Gasteiger partial charge in [-0.25, -0.2) is 0 Å². The molecule has 0 unspecified atom stereocenters. The number of halogens is 1. The Labute approximate surface area is 99.3 Å². The molecule has 1 aromatic heterocycles. The molecule has 0 fully saturated rings. The van der Waals surface area contributed by atoms with Crippen LogP contribution < -0.4 is 5.43 Å². The third kappa shape index (κ3) is 1.98. The Morgan fingerprint density at radius 3 is 2.75 bits per heavy atom. The molecule has 1 heterocycles. The first-order valence-corrected chi connectivity index (χ1v) is 5.81. The monoisotopic (exact) mass is 235 g/mol. The van der Waals surface area contributed by atoms with Crippen LogP contribution in [-0.4, -0.2) is 4.98 Å². The van der Waals surface area contributed by atoms with Gasteiger partial charge in [0.25, 0.3) is 0 Å². The maximum atomic E-state index is 11.9. The Kier molecular flexibility index (Phi) is 3.01. The van der Waals surface area contributed by atoms with Gasteiger partial charge in [0.15, 0.2) is 5.43 Å². The highest BCUT2D eigenvalue weighted by Gasteiger charge is 2.04. The lowest BCUT2D eigenvalue weighted by Gasteiger charge is -2.05. The molecule has 0 spiro atoms. The molecule has 2 aromatic rings. The van der Waals surface area contributed by atoms with Gasteiger partial charge in [-0.15, -0.1) is 0 Å². The molecule has 16 heavy (non-hydrogen) atoms. The number of fused-ring (bicyclic) bond motifs is 1. The third-order valence-electron chi connectivity index (χ3n) is 2.68. The zero-order chi connectivity index (χ0) is 11.7.